The number of aliphatic carboxylic acids is 1. The number of carboxylic acid groups (broad SMARTS) is 1. The number of sulfone groups is 1. The van der Waals surface area contributed by atoms with Crippen molar-refractivity contribution in [2.75, 3.05) is 183 Å². The third kappa shape index (κ3) is 51.4. The quantitative estimate of drug-likeness (QED) is 0.0199. The molecule has 2 aliphatic heterocycles. The number of unbranched alkanes of at least 4 members (excludes halogenated alkanes) is 1. The topological polar surface area (TPSA) is 354 Å². The van der Waals surface area contributed by atoms with E-state index in [2.05, 4.69) is 27.2 Å². The molecular weight excluding hydrogens is 1230 g/mol. The zero-order valence-electron chi connectivity index (χ0n) is 56.2. The molecule has 0 spiro atoms. The Kier molecular flexibility index (Phi) is 56.6. The normalized spacial score (nSPS) is 15.7. The number of aliphatic hydroxyl groups is 2. The number of epoxide rings is 2. The van der Waals surface area contributed by atoms with E-state index >= 15 is 0 Å². The van der Waals surface area contributed by atoms with E-state index in [9.17, 15) is 32.4 Å². The second kappa shape index (κ2) is 58.9. The van der Waals surface area contributed by atoms with Gasteiger partial charge in [0, 0.05) is 131 Å². The summed E-state index contributed by atoms with van der Waals surface area (Å²) in [5.74, 6) is -5.46. The molecule has 2 aliphatic rings. The molecule has 2 fully saturated rings. The summed E-state index contributed by atoms with van der Waals surface area (Å²) >= 11 is 1.27. The lowest BCUT2D eigenvalue weighted by molar-refractivity contribution is -0.158. The number of tetrazole rings is 1. The second-order valence-corrected chi connectivity index (χ2v) is 25.2. The van der Waals surface area contributed by atoms with Crippen molar-refractivity contribution in [1.29, 1.82) is 0 Å². The minimum absolute atomic E-state index is 0.0189. The maximum atomic E-state index is 12.5. The van der Waals surface area contributed by atoms with Gasteiger partial charge >= 0.3 is 23.9 Å². The Morgan fingerprint density at radius 3 is 1.48 bits per heavy atom. The van der Waals surface area contributed by atoms with E-state index in [4.69, 9.17) is 72.2 Å². The van der Waals surface area contributed by atoms with Crippen LogP contribution in [0.1, 0.15) is 125 Å². The number of carboxylic acids is 1. The van der Waals surface area contributed by atoms with Crippen LogP contribution in [0, 0.1) is 29.6 Å². The van der Waals surface area contributed by atoms with Gasteiger partial charge in [0.05, 0.1) is 81.9 Å². The highest BCUT2D eigenvalue weighted by Crippen LogP contribution is 2.26. The van der Waals surface area contributed by atoms with E-state index < -0.39 is 39.5 Å². The number of Topliss-reactive ketones (excluding diaryl/α,β-unsaturated/α-hetero) is 1. The van der Waals surface area contributed by atoms with Crippen molar-refractivity contribution >= 4 is 51.3 Å². The van der Waals surface area contributed by atoms with Gasteiger partial charge in [0.25, 0.3) is 0 Å². The number of aryl methyl sites for hydroxylation is 1. The molecule has 0 aliphatic carbocycles. The van der Waals surface area contributed by atoms with Crippen LogP contribution in [0.5, 0.6) is 0 Å². The predicted molar refractivity (Wildman–Crippen MR) is 339 cm³/mol. The van der Waals surface area contributed by atoms with Crippen LogP contribution >= 0.6 is 11.8 Å². The van der Waals surface area contributed by atoms with Gasteiger partial charge in [-0.1, -0.05) is 46.4 Å². The zero-order valence-corrected chi connectivity index (χ0v) is 57.8. The molecule has 3 N–H and O–H groups in total. The smallest absolute Gasteiger partial charge is 0.309 e. The number of hydrogen-bond donors (Lipinski definition) is 3. The van der Waals surface area contributed by atoms with E-state index in [0.717, 1.165) is 97.6 Å². The summed E-state index contributed by atoms with van der Waals surface area (Å²) in [4.78, 5) is 60.4. The van der Waals surface area contributed by atoms with Crippen LogP contribution in [-0.4, -0.2) is 274 Å². The lowest BCUT2D eigenvalue weighted by Crippen LogP contribution is -2.37. The molecule has 7 atom stereocenters. The number of rotatable bonds is 57. The number of aromatic nitrogens is 4. The fourth-order valence-corrected chi connectivity index (χ4v) is 10.5. The molecule has 1 aromatic heterocycles. The molecule has 0 amide bonds. The highest BCUT2D eigenvalue weighted by Gasteiger charge is 2.39. The van der Waals surface area contributed by atoms with Crippen molar-refractivity contribution < 1.29 is 109 Å². The SMILES string of the molecule is C(CCOCC1CO1)COCC1CO1.CCC(C(C)=O)C(C(=O)O)C(C)C(=O)OC.CCCN(C)COC(=O)C(C)CC(CC)C(=O)OCCCOCCCOCCCOCCCOCCCOCCCOCCCO.Cn1nnnc1SCCS(=O)(=O)CCO. The molecule has 0 saturated carbocycles. The molecule has 534 valence electrons. The third-order valence-electron chi connectivity index (χ3n) is 13.6. The first kappa shape index (κ1) is 87.4. The first-order chi connectivity index (χ1) is 43.8. The minimum atomic E-state index is -3.15. The standard InChI is InChI=1S/C34H67NO11.C11H18O5.C10H18O4.C6H12N4O3S2/c1-5-14-35(4)30-46-33(37)31(3)29-32(6-2)34(38)45-28-13-27-44-26-12-25-43-24-11-23-42-22-10-21-41-20-9-19-40-18-8-17-39-16-7-15-36;1-5-8(7(3)12)9(10(13)14)6(2)11(15)16-4;1(3-11-5-9-7-13-9)2-4-12-6-10-8-14-10;1-10-6(7-8-9-10)14-3-5-15(12,13)4-2-11/h31-32,36H,5-30H2,1-4H3;6,8-9H,5H2,1-4H3,(H,13,14);9-10H,1-8H2;11H,2-5H2,1H3. The van der Waals surface area contributed by atoms with Crippen LogP contribution in [0.25, 0.3) is 0 Å². The van der Waals surface area contributed by atoms with Gasteiger partial charge in [-0.3, -0.25) is 28.9 Å². The van der Waals surface area contributed by atoms with Crippen LogP contribution in [0.4, 0.5) is 0 Å². The maximum Gasteiger partial charge on any atom is 0.309 e. The average Bonchev–Trinajstić information content (AvgIpc) is 2.08. The lowest BCUT2D eigenvalue weighted by Gasteiger charge is -2.24. The number of thioether (sulfide) groups is 1. The molecule has 30 heteroatoms. The molecule has 3 rings (SSSR count). The molecule has 1 aromatic rings. The monoisotopic (exact) mass is 1350 g/mol. The van der Waals surface area contributed by atoms with Crippen LogP contribution < -0.4 is 0 Å². The van der Waals surface area contributed by atoms with Gasteiger partial charge in [0.1, 0.15) is 24.7 Å². The number of carbonyl (C=O) groups excluding carboxylic acids is 4. The highest BCUT2D eigenvalue weighted by molar-refractivity contribution is 8.00. The molecule has 7 unspecified atom stereocenters. The lowest BCUT2D eigenvalue weighted by atomic mass is 9.79. The van der Waals surface area contributed by atoms with Crippen molar-refractivity contribution in [3.05, 3.63) is 0 Å². The minimum Gasteiger partial charge on any atom is -0.481 e. The Labute approximate surface area is 545 Å². The number of nitrogens with zero attached hydrogens (tertiary/aromatic N) is 5. The van der Waals surface area contributed by atoms with Crippen molar-refractivity contribution in [3.8, 4) is 0 Å². The Bertz CT molecular complexity index is 2040. The van der Waals surface area contributed by atoms with E-state index in [1.165, 1.54) is 37.4 Å². The van der Waals surface area contributed by atoms with Gasteiger partial charge in [-0.05, 0) is 101 Å². The summed E-state index contributed by atoms with van der Waals surface area (Å²) in [7, 11) is 1.65. The average molecular weight is 1350 g/mol. The van der Waals surface area contributed by atoms with Crippen LogP contribution in [0.15, 0.2) is 5.16 Å². The summed E-state index contributed by atoms with van der Waals surface area (Å²) in [6.45, 7) is 24.3. The largest absolute Gasteiger partial charge is 0.481 e. The van der Waals surface area contributed by atoms with Gasteiger partial charge in [-0.25, -0.2) is 13.1 Å². The van der Waals surface area contributed by atoms with Gasteiger partial charge in [0.2, 0.25) is 5.16 Å². The summed E-state index contributed by atoms with van der Waals surface area (Å²) < 4.78 is 93.4. The first-order valence-electron chi connectivity index (χ1n) is 32.3. The van der Waals surface area contributed by atoms with Crippen molar-refractivity contribution in [3.63, 3.8) is 0 Å². The first-order valence-corrected chi connectivity index (χ1v) is 35.1. The van der Waals surface area contributed by atoms with Gasteiger partial charge in [-0.15, -0.1) is 5.10 Å². The fourth-order valence-electron chi connectivity index (χ4n) is 8.13. The van der Waals surface area contributed by atoms with Gasteiger partial charge < -0.3 is 76.9 Å². The molecule has 0 radical (unpaired) electrons. The molecule has 28 nitrogen and oxygen atoms in total. The van der Waals surface area contributed by atoms with E-state index in [-0.39, 0.29) is 61.0 Å². The Balaban J connectivity index is 0.00000143. The molecular formula is C61H115N5O23S2. The summed E-state index contributed by atoms with van der Waals surface area (Å²) in [6, 6.07) is 0. The number of carbonyl (C=O) groups is 5. The van der Waals surface area contributed by atoms with Crippen LogP contribution in [0.2, 0.25) is 0 Å². The zero-order chi connectivity index (χ0) is 67.8. The van der Waals surface area contributed by atoms with Gasteiger partial charge in [0.15, 0.2) is 9.84 Å². The van der Waals surface area contributed by atoms with E-state index in [1.54, 1.807) is 20.9 Å². The van der Waals surface area contributed by atoms with Crippen LogP contribution in [0.3, 0.4) is 0 Å². The number of methoxy groups -OCH3 is 1. The Morgan fingerprint density at radius 2 is 1.11 bits per heavy atom. The second-order valence-electron chi connectivity index (χ2n) is 21.8. The van der Waals surface area contributed by atoms with Crippen molar-refractivity contribution in [2.24, 2.45) is 36.6 Å². The highest BCUT2D eigenvalue weighted by atomic mass is 32.2. The van der Waals surface area contributed by atoms with Crippen molar-refractivity contribution in [2.45, 2.75) is 142 Å². The van der Waals surface area contributed by atoms with Gasteiger partial charge in [-0.2, -0.15) is 0 Å². The fraction of sp³-hybridized carbons (Fsp3) is 0.902. The number of hydrogen-bond acceptors (Lipinski definition) is 27. The van der Waals surface area contributed by atoms with Crippen molar-refractivity contribution in [1.82, 2.24) is 25.1 Å². The van der Waals surface area contributed by atoms with E-state index in [1.807, 2.05) is 18.9 Å². The molecule has 0 aromatic carbocycles. The number of aliphatic hydroxyl groups excluding tert-OH is 2. The maximum absolute atomic E-state index is 12.5. The van der Waals surface area contributed by atoms with E-state index in [0.29, 0.717) is 141 Å². The summed E-state index contributed by atoms with van der Waals surface area (Å²) in [5.41, 5.74) is 0. The third-order valence-corrected chi connectivity index (χ3v) is 16.5. The Morgan fingerprint density at radius 1 is 0.648 bits per heavy atom. The molecule has 91 heavy (non-hydrogen) atoms. The number of ether oxygens (including phenoxy) is 13. The van der Waals surface area contributed by atoms with Crippen LogP contribution in [-0.2, 0) is 102 Å². The number of esters is 3. The summed E-state index contributed by atoms with van der Waals surface area (Å²) in [5, 5.41) is 37.6. The molecule has 0 bridgehead atoms. The molecule has 3 heterocycles. The molecule has 2 saturated heterocycles. The summed E-state index contributed by atoms with van der Waals surface area (Å²) in [6.07, 6.45) is 10.9. The number of ketones is 1. The predicted octanol–water partition coefficient (Wildman–Crippen LogP) is 4.67. The Hall–Kier alpha value is -3.60.